The molecule has 23 nitrogen and oxygen atoms in total. The number of hydrogen-bond donors (Lipinski definition) is 6. The Labute approximate surface area is 744 Å². The second-order valence-electron chi connectivity index (χ2n) is 35.2. The Morgan fingerprint density at radius 2 is 0.896 bits per heavy atom. The van der Waals surface area contributed by atoms with Gasteiger partial charge in [-0.2, -0.15) is 0 Å². The summed E-state index contributed by atoms with van der Waals surface area (Å²) in [5, 5.41) is 9.09. The number of likely N-dealkylation sites (N-methyl/N-ethyl adjacent to an activating group) is 1. The Morgan fingerprint density at radius 3 is 1.33 bits per heavy atom. The van der Waals surface area contributed by atoms with E-state index in [9.17, 15) is 28.8 Å². The molecule has 23 heteroatoms. The van der Waals surface area contributed by atoms with Gasteiger partial charge in [-0.3, -0.25) is 33.7 Å². The highest BCUT2D eigenvalue weighted by Gasteiger charge is 2.33. The molecule has 6 heterocycles. The van der Waals surface area contributed by atoms with Crippen molar-refractivity contribution in [2.75, 3.05) is 149 Å². The number of hydrogen-bond acceptors (Lipinski definition) is 17. The molecule has 6 N–H and O–H groups in total. The molecule has 0 atom stereocenters. The van der Waals surface area contributed by atoms with Crippen LogP contribution in [0.4, 0.5) is 17.1 Å². The molecule has 0 bridgehead atoms. The highest BCUT2D eigenvalue weighted by molar-refractivity contribution is 6.00. The summed E-state index contributed by atoms with van der Waals surface area (Å²) in [5.74, 6) is 13.4. The van der Waals surface area contributed by atoms with Gasteiger partial charge in [0.25, 0.3) is 34.4 Å². The van der Waals surface area contributed by atoms with Gasteiger partial charge in [-0.1, -0.05) is 54.9 Å². The molecule has 2 aliphatic carbocycles. The molecular formula is C102H143N13O10. The Balaban J connectivity index is 0.000000196. The number of pyridine rings is 3. The number of methoxy groups -OCH3 is 1. The van der Waals surface area contributed by atoms with E-state index in [1.165, 1.54) is 12.8 Å². The standard InChI is InChI=1S/C36H50N4O3.C35H51N5O4.C31H42N4O3/c1-8-18-43-23-27-10-12-28(13-11-27)29-20-32(35(41)37-22-33-24(3)19-25(4)38-36(33)42)26(5)34(21-29)40(9-2)31-16-14-30(15-17-31)39(6)7;1-7-40(30-12-10-29(11-13-30)38(5)15-18-43-6)33-23-28(9-8-14-39-16-19-44-20-17-39)22-31(27(33)4)34(41)36-24-32-25(2)21-26(3)37-35(32)42;1-6-35(26-11-15-38-16-12-26)29-19-25(8-7-24-9-13-34(5)14-10-24)18-27(23(29)4)30(36)32-20-28-21(2)17-22(3)33-31(28)37/h10-13,19-21,30-31H,8-9,14-18,22-23H2,1-7H3,(H,37,41)(H,38,42);21-23,29-30H,7,10-20,24H2,1-6H3,(H,36,41)(H,37,42);17-19,24,26H,6,9-16,20H2,1-5H3,(H,32,36)(H,33,37). The van der Waals surface area contributed by atoms with Crippen LogP contribution in [0, 0.1) is 91.9 Å². The number of anilines is 3. The zero-order valence-electron chi connectivity index (χ0n) is 78.3. The van der Waals surface area contributed by atoms with Crippen molar-refractivity contribution < 1.29 is 33.3 Å². The van der Waals surface area contributed by atoms with Gasteiger partial charge in [-0.25, -0.2) is 0 Å². The third-order valence-corrected chi connectivity index (χ3v) is 26.1. The number of likely N-dealkylation sites (tertiary alicyclic amines) is 1. The summed E-state index contributed by atoms with van der Waals surface area (Å²) in [7, 11) is 10.5. The van der Waals surface area contributed by atoms with Gasteiger partial charge in [0.15, 0.2) is 0 Å². The van der Waals surface area contributed by atoms with Crippen LogP contribution in [0.5, 0.6) is 0 Å². The fraction of sp³-hybridized carbons (Fsp3) is 0.549. The molecular weight excluding hydrogens is 1570 g/mol. The van der Waals surface area contributed by atoms with Gasteiger partial charge in [-0.15, -0.1) is 0 Å². The van der Waals surface area contributed by atoms with E-state index < -0.39 is 0 Å². The number of piperidine rings is 1. The summed E-state index contributed by atoms with van der Waals surface area (Å²) in [6.07, 6.45) is 14.1. The van der Waals surface area contributed by atoms with Gasteiger partial charge in [0.1, 0.15) is 0 Å². The van der Waals surface area contributed by atoms with E-state index >= 15 is 0 Å². The molecule has 5 fully saturated rings. The summed E-state index contributed by atoms with van der Waals surface area (Å²) < 4.78 is 22.1. The van der Waals surface area contributed by atoms with E-state index in [0.717, 1.165) is 258 Å². The van der Waals surface area contributed by atoms with Gasteiger partial charge in [0, 0.05) is 201 Å². The normalized spacial score (nSPS) is 17.7. The van der Waals surface area contributed by atoms with E-state index in [1.807, 2.05) is 91.8 Å². The second kappa shape index (κ2) is 47.8. The van der Waals surface area contributed by atoms with Crippen molar-refractivity contribution in [3.05, 3.63) is 210 Å². The number of amides is 3. The van der Waals surface area contributed by atoms with Crippen molar-refractivity contribution in [1.82, 2.24) is 50.5 Å². The van der Waals surface area contributed by atoms with Crippen LogP contribution in [-0.2, 0) is 45.2 Å². The van der Waals surface area contributed by atoms with Gasteiger partial charge in [0.2, 0.25) is 0 Å². The largest absolute Gasteiger partial charge is 0.383 e. The summed E-state index contributed by atoms with van der Waals surface area (Å²) >= 11 is 0. The molecule has 3 saturated heterocycles. The minimum absolute atomic E-state index is 0.155. The van der Waals surface area contributed by atoms with Crippen molar-refractivity contribution in [2.24, 2.45) is 5.92 Å². The summed E-state index contributed by atoms with van der Waals surface area (Å²) in [6, 6.07) is 29.0. The number of ether oxygens (including phenoxy) is 4. The van der Waals surface area contributed by atoms with Crippen LogP contribution >= 0.6 is 0 Å². The first-order chi connectivity index (χ1) is 60.1. The number of aromatic nitrogens is 3. The first-order valence-corrected chi connectivity index (χ1v) is 45.9. The zero-order chi connectivity index (χ0) is 90.0. The highest BCUT2D eigenvalue weighted by atomic mass is 16.5. The Bertz CT molecular complexity index is 5070. The van der Waals surface area contributed by atoms with Crippen molar-refractivity contribution in [3.8, 4) is 34.8 Å². The summed E-state index contributed by atoms with van der Waals surface area (Å²) in [4.78, 5) is 104. The predicted molar refractivity (Wildman–Crippen MR) is 506 cm³/mol. The summed E-state index contributed by atoms with van der Waals surface area (Å²) in [6.45, 7) is 39.8. The van der Waals surface area contributed by atoms with Crippen molar-refractivity contribution >= 4 is 34.8 Å². The lowest BCUT2D eigenvalue weighted by molar-refractivity contribution is 0.0443. The maximum Gasteiger partial charge on any atom is 0.253 e. The molecule has 7 aromatic rings. The molecule has 0 spiro atoms. The molecule has 125 heavy (non-hydrogen) atoms. The number of H-pyrrole nitrogens is 3. The van der Waals surface area contributed by atoms with Crippen molar-refractivity contribution in [2.45, 2.75) is 230 Å². The van der Waals surface area contributed by atoms with Crippen LogP contribution in [0.1, 0.15) is 226 Å². The number of carbonyl (C=O) groups excluding carboxylic acids is 3. The number of rotatable bonds is 29. The fourth-order valence-corrected chi connectivity index (χ4v) is 18.6. The quantitative estimate of drug-likeness (QED) is 0.0188. The lowest BCUT2D eigenvalue weighted by atomic mass is 9.88. The monoisotopic (exact) mass is 1710 g/mol. The molecule has 3 aliphatic heterocycles. The molecule has 4 aromatic carbocycles. The van der Waals surface area contributed by atoms with Gasteiger partial charge < -0.3 is 79.2 Å². The zero-order valence-corrected chi connectivity index (χ0v) is 78.3. The second-order valence-corrected chi connectivity index (χ2v) is 35.2. The maximum absolute atomic E-state index is 13.8. The highest BCUT2D eigenvalue weighted by Crippen LogP contribution is 2.38. The number of nitrogens with one attached hydrogen (secondary N) is 6. The minimum Gasteiger partial charge on any atom is -0.383 e. The Hall–Kier alpha value is -9.66. The van der Waals surface area contributed by atoms with Gasteiger partial charge in [0.05, 0.1) is 33.0 Å². The van der Waals surface area contributed by atoms with E-state index in [0.29, 0.717) is 82.7 Å². The third kappa shape index (κ3) is 27.0. The van der Waals surface area contributed by atoms with Crippen LogP contribution in [0.3, 0.4) is 0 Å². The first kappa shape index (κ1) is 97.5. The van der Waals surface area contributed by atoms with Crippen LogP contribution in [-0.4, -0.2) is 216 Å². The molecule has 676 valence electrons. The van der Waals surface area contributed by atoms with Crippen molar-refractivity contribution in [3.63, 3.8) is 0 Å². The average Bonchev–Trinajstić information content (AvgIpc) is 0.770. The van der Waals surface area contributed by atoms with Crippen LogP contribution in [0.15, 0.2) is 93.2 Å². The van der Waals surface area contributed by atoms with E-state index in [1.54, 1.807) is 7.11 Å². The van der Waals surface area contributed by atoms with E-state index in [-0.39, 0.29) is 54.0 Å². The lowest BCUT2D eigenvalue weighted by Crippen LogP contribution is -2.44. The molecule has 12 rings (SSSR count). The lowest BCUT2D eigenvalue weighted by Gasteiger charge is -2.41. The summed E-state index contributed by atoms with van der Waals surface area (Å²) in [5.41, 5.74) is 19.2. The molecule has 2 saturated carbocycles. The maximum atomic E-state index is 13.8. The number of aromatic amines is 3. The molecule has 5 aliphatic rings. The minimum atomic E-state index is -0.195. The fourth-order valence-electron chi connectivity index (χ4n) is 18.6. The Morgan fingerprint density at radius 1 is 0.480 bits per heavy atom. The molecule has 3 aromatic heterocycles. The number of morpholine rings is 1. The predicted octanol–water partition coefficient (Wildman–Crippen LogP) is 14.1. The molecule has 3 amide bonds. The number of aryl methyl sites for hydroxylation is 6. The smallest absolute Gasteiger partial charge is 0.253 e. The van der Waals surface area contributed by atoms with Gasteiger partial charge in [-0.05, 0) is 313 Å². The SMILES string of the molecule is CCCOCc1ccc(-c2cc(C(=O)NCc3c(C)cc(C)[nH]c3=O)c(C)c(N(CC)C3CCC(N(C)C)CC3)c2)cc1.CCN(c1cc(C#CC2CCN(C)CC2)cc(C(=O)NCc2c(C)cc(C)[nH]c2=O)c1C)C1CCOCC1.CCN(c1cc(C#CCN2CCOCC2)cc(C(=O)NCc2c(C)cc(C)[nH]c2=O)c1C)C1CCC(N(C)CCOC)CC1. The van der Waals surface area contributed by atoms with Crippen LogP contribution in [0.25, 0.3) is 11.1 Å². The van der Waals surface area contributed by atoms with Crippen molar-refractivity contribution in [1.29, 1.82) is 0 Å². The van der Waals surface area contributed by atoms with Crippen LogP contribution < -0.4 is 47.3 Å². The molecule has 0 unspecified atom stereocenters. The average molecular weight is 1710 g/mol. The number of carbonyl (C=O) groups is 3. The number of benzene rings is 4. The van der Waals surface area contributed by atoms with Gasteiger partial charge >= 0.3 is 0 Å². The molecule has 0 radical (unpaired) electrons. The third-order valence-electron chi connectivity index (χ3n) is 26.1. The van der Waals surface area contributed by atoms with Crippen LogP contribution in [0.2, 0.25) is 0 Å². The van der Waals surface area contributed by atoms with E-state index in [4.69, 9.17) is 18.9 Å². The van der Waals surface area contributed by atoms with E-state index in [2.05, 4.69) is 194 Å². The Kier molecular flexibility index (Phi) is 37.3. The number of nitrogens with zero attached hydrogens (tertiary/aromatic N) is 7. The first-order valence-electron chi connectivity index (χ1n) is 45.9. The topological polar surface area (TPSA) is 245 Å².